The third-order valence-electron chi connectivity index (χ3n) is 1.90. The van der Waals surface area contributed by atoms with Crippen molar-refractivity contribution >= 4 is 5.97 Å². The molecule has 0 aliphatic carbocycles. The SMILES string of the molecule is CC(=O)OCCNCc1ccc(F)c(F)c1. The number of hydrogen-bond acceptors (Lipinski definition) is 3. The zero-order chi connectivity index (χ0) is 12.0. The number of ether oxygens (including phenoxy) is 1. The van der Waals surface area contributed by atoms with E-state index in [0.29, 0.717) is 18.7 Å². The molecule has 0 radical (unpaired) electrons. The van der Waals surface area contributed by atoms with Crippen molar-refractivity contribution in [2.75, 3.05) is 13.2 Å². The molecule has 1 aromatic carbocycles. The zero-order valence-corrected chi connectivity index (χ0v) is 8.93. The Bertz CT molecular complexity index is 369. The average molecular weight is 229 g/mol. The molecule has 16 heavy (non-hydrogen) atoms. The minimum atomic E-state index is -0.862. The van der Waals surface area contributed by atoms with Crippen molar-refractivity contribution in [1.29, 1.82) is 0 Å². The van der Waals surface area contributed by atoms with Crippen molar-refractivity contribution in [2.24, 2.45) is 0 Å². The molecule has 0 aliphatic rings. The van der Waals surface area contributed by atoms with E-state index >= 15 is 0 Å². The van der Waals surface area contributed by atoms with Crippen LogP contribution in [0.2, 0.25) is 0 Å². The standard InChI is InChI=1S/C11H13F2NO2/c1-8(15)16-5-4-14-7-9-2-3-10(12)11(13)6-9/h2-3,6,14H,4-5,7H2,1H3. The number of esters is 1. The summed E-state index contributed by atoms with van der Waals surface area (Å²) < 4.78 is 30.1. The number of hydrogen-bond donors (Lipinski definition) is 1. The van der Waals surface area contributed by atoms with Gasteiger partial charge in [0.15, 0.2) is 11.6 Å². The summed E-state index contributed by atoms with van der Waals surface area (Å²) in [4.78, 5) is 10.4. The van der Waals surface area contributed by atoms with E-state index in [1.807, 2.05) is 0 Å². The molecule has 0 heterocycles. The van der Waals surface area contributed by atoms with Gasteiger partial charge in [-0.15, -0.1) is 0 Å². The minimum Gasteiger partial charge on any atom is -0.465 e. The van der Waals surface area contributed by atoms with E-state index in [2.05, 4.69) is 10.1 Å². The summed E-state index contributed by atoms with van der Waals surface area (Å²) in [6.07, 6.45) is 0. The first-order valence-corrected chi connectivity index (χ1v) is 4.87. The van der Waals surface area contributed by atoms with E-state index in [4.69, 9.17) is 0 Å². The highest BCUT2D eigenvalue weighted by atomic mass is 19.2. The quantitative estimate of drug-likeness (QED) is 0.616. The molecule has 0 saturated carbocycles. The predicted molar refractivity (Wildman–Crippen MR) is 54.7 cm³/mol. The maximum absolute atomic E-state index is 12.8. The van der Waals surface area contributed by atoms with Gasteiger partial charge in [0.25, 0.3) is 0 Å². The number of carbonyl (C=O) groups excluding carboxylic acids is 1. The Labute approximate surface area is 92.4 Å². The van der Waals surface area contributed by atoms with Crippen molar-refractivity contribution in [3.63, 3.8) is 0 Å². The van der Waals surface area contributed by atoms with Gasteiger partial charge in [-0.25, -0.2) is 8.78 Å². The van der Waals surface area contributed by atoms with Crippen LogP contribution >= 0.6 is 0 Å². The number of benzene rings is 1. The second-order valence-electron chi connectivity index (χ2n) is 3.27. The molecule has 0 fully saturated rings. The van der Waals surface area contributed by atoms with Gasteiger partial charge in [-0.3, -0.25) is 4.79 Å². The molecule has 1 N–H and O–H groups in total. The van der Waals surface area contributed by atoms with Crippen LogP contribution < -0.4 is 5.32 Å². The Kier molecular flexibility index (Phi) is 4.85. The Morgan fingerprint density at radius 1 is 1.38 bits per heavy atom. The molecule has 1 rings (SSSR count). The van der Waals surface area contributed by atoms with E-state index in [1.165, 1.54) is 13.0 Å². The van der Waals surface area contributed by atoms with Gasteiger partial charge in [-0.1, -0.05) is 6.07 Å². The lowest BCUT2D eigenvalue weighted by Crippen LogP contribution is -2.20. The molecule has 3 nitrogen and oxygen atoms in total. The second-order valence-corrected chi connectivity index (χ2v) is 3.27. The van der Waals surface area contributed by atoms with Crippen molar-refractivity contribution in [3.8, 4) is 0 Å². The summed E-state index contributed by atoms with van der Waals surface area (Å²) in [5.74, 6) is -2.06. The summed E-state index contributed by atoms with van der Waals surface area (Å²) in [7, 11) is 0. The van der Waals surface area contributed by atoms with Crippen LogP contribution in [0.4, 0.5) is 8.78 Å². The topological polar surface area (TPSA) is 38.3 Å². The van der Waals surface area contributed by atoms with Crippen LogP contribution in [0.25, 0.3) is 0 Å². The summed E-state index contributed by atoms with van der Waals surface area (Å²) in [5, 5.41) is 2.94. The monoisotopic (exact) mass is 229 g/mol. The molecule has 0 spiro atoms. The fourth-order valence-electron chi connectivity index (χ4n) is 1.15. The Balaban J connectivity index is 2.27. The molecule has 1 aromatic rings. The lowest BCUT2D eigenvalue weighted by Gasteiger charge is -2.05. The molecule has 0 bridgehead atoms. The fourth-order valence-corrected chi connectivity index (χ4v) is 1.15. The summed E-state index contributed by atoms with van der Waals surface area (Å²) in [5.41, 5.74) is 0.640. The maximum atomic E-state index is 12.8. The van der Waals surface area contributed by atoms with Gasteiger partial charge in [0.2, 0.25) is 0 Å². The normalized spacial score (nSPS) is 10.2. The summed E-state index contributed by atoms with van der Waals surface area (Å²) in [6.45, 7) is 2.46. The highest BCUT2D eigenvalue weighted by Crippen LogP contribution is 2.08. The highest BCUT2D eigenvalue weighted by Gasteiger charge is 2.01. The van der Waals surface area contributed by atoms with Crippen LogP contribution in [0.1, 0.15) is 12.5 Å². The third-order valence-corrected chi connectivity index (χ3v) is 1.90. The molecule has 0 aliphatic heterocycles. The number of halogens is 2. The largest absolute Gasteiger partial charge is 0.465 e. The van der Waals surface area contributed by atoms with Gasteiger partial charge in [0.05, 0.1) is 0 Å². The van der Waals surface area contributed by atoms with Gasteiger partial charge in [0.1, 0.15) is 6.61 Å². The maximum Gasteiger partial charge on any atom is 0.302 e. The van der Waals surface area contributed by atoms with Gasteiger partial charge in [-0.2, -0.15) is 0 Å². The van der Waals surface area contributed by atoms with Gasteiger partial charge in [0, 0.05) is 20.0 Å². The lowest BCUT2D eigenvalue weighted by molar-refractivity contribution is -0.140. The smallest absolute Gasteiger partial charge is 0.302 e. The van der Waals surface area contributed by atoms with Crippen LogP contribution in [-0.2, 0) is 16.1 Å². The highest BCUT2D eigenvalue weighted by molar-refractivity contribution is 5.65. The van der Waals surface area contributed by atoms with Crippen LogP contribution in [0.5, 0.6) is 0 Å². The predicted octanol–water partition coefficient (Wildman–Crippen LogP) is 1.62. The molecule has 0 saturated heterocycles. The number of nitrogens with one attached hydrogen (secondary N) is 1. The van der Waals surface area contributed by atoms with E-state index in [0.717, 1.165) is 12.1 Å². The van der Waals surface area contributed by atoms with Crippen LogP contribution in [-0.4, -0.2) is 19.1 Å². The molecule has 88 valence electrons. The van der Waals surface area contributed by atoms with E-state index < -0.39 is 11.6 Å². The summed E-state index contributed by atoms with van der Waals surface area (Å²) in [6, 6.07) is 3.71. The van der Waals surface area contributed by atoms with Crippen molar-refractivity contribution in [2.45, 2.75) is 13.5 Å². The van der Waals surface area contributed by atoms with Crippen LogP contribution in [0.3, 0.4) is 0 Å². The zero-order valence-electron chi connectivity index (χ0n) is 8.93. The Morgan fingerprint density at radius 3 is 2.75 bits per heavy atom. The molecular formula is C11H13F2NO2. The lowest BCUT2D eigenvalue weighted by atomic mass is 10.2. The first-order valence-electron chi connectivity index (χ1n) is 4.87. The van der Waals surface area contributed by atoms with Crippen molar-refractivity contribution in [1.82, 2.24) is 5.32 Å². The number of rotatable bonds is 5. The fraction of sp³-hybridized carbons (Fsp3) is 0.364. The Morgan fingerprint density at radius 2 is 2.12 bits per heavy atom. The van der Waals surface area contributed by atoms with Gasteiger partial charge >= 0.3 is 5.97 Å². The first-order chi connectivity index (χ1) is 7.59. The molecule has 0 aromatic heterocycles. The molecule has 5 heteroatoms. The average Bonchev–Trinajstić information content (AvgIpc) is 2.22. The van der Waals surface area contributed by atoms with Gasteiger partial charge < -0.3 is 10.1 Å². The third kappa shape index (κ3) is 4.35. The Hall–Kier alpha value is -1.49. The molecule has 0 unspecified atom stereocenters. The first kappa shape index (κ1) is 12.6. The van der Waals surface area contributed by atoms with Crippen molar-refractivity contribution in [3.05, 3.63) is 35.4 Å². The number of carbonyl (C=O) groups is 1. The summed E-state index contributed by atoms with van der Waals surface area (Å²) >= 11 is 0. The van der Waals surface area contributed by atoms with Crippen LogP contribution in [0, 0.1) is 11.6 Å². The van der Waals surface area contributed by atoms with E-state index in [1.54, 1.807) is 0 Å². The molecular weight excluding hydrogens is 216 g/mol. The van der Waals surface area contributed by atoms with E-state index in [-0.39, 0.29) is 12.6 Å². The molecule has 0 atom stereocenters. The van der Waals surface area contributed by atoms with Crippen molar-refractivity contribution < 1.29 is 18.3 Å². The molecule has 0 amide bonds. The van der Waals surface area contributed by atoms with E-state index in [9.17, 15) is 13.6 Å². The minimum absolute atomic E-state index is 0.263. The van der Waals surface area contributed by atoms with Crippen LogP contribution in [0.15, 0.2) is 18.2 Å². The second kappa shape index (κ2) is 6.17. The van der Waals surface area contributed by atoms with Gasteiger partial charge in [-0.05, 0) is 17.7 Å².